The minimum Gasteiger partial charge on any atom is -0.493 e. The van der Waals surface area contributed by atoms with Crippen molar-refractivity contribution in [2.45, 2.75) is 31.7 Å². The van der Waals surface area contributed by atoms with E-state index in [0.29, 0.717) is 36.5 Å². The SMILES string of the molecule is CN=C(NCCCC(=O)NC1CC1)Nc1ccc(OC)c(OC)c1. The highest BCUT2D eigenvalue weighted by atomic mass is 16.5. The highest BCUT2D eigenvalue weighted by molar-refractivity contribution is 5.93. The topological polar surface area (TPSA) is 84.0 Å². The first kappa shape index (κ1) is 17.9. The number of rotatable bonds is 8. The average Bonchev–Trinajstić information content (AvgIpc) is 3.41. The smallest absolute Gasteiger partial charge is 0.220 e. The number of benzene rings is 1. The van der Waals surface area contributed by atoms with Crippen molar-refractivity contribution in [3.05, 3.63) is 18.2 Å². The fourth-order valence-corrected chi connectivity index (χ4v) is 2.21. The molecule has 1 aliphatic carbocycles. The van der Waals surface area contributed by atoms with Crippen LogP contribution in [-0.2, 0) is 4.79 Å². The van der Waals surface area contributed by atoms with Gasteiger partial charge in [-0.2, -0.15) is 0 Å². The molecular formula is C17H26N4O3. The first-order chi connectivity index (χ1) is 11.7. The van der Waals surface area contributed by atoms with Crippen molar-refractivity contribution in [2.24, 2.45) is 4.99 Å². The van der Waals surface area contributed by atoms with Crippen molar-refractivity contribution in [3.8, 4) is 11.5 Å². The van der Waals surface area contributed by atoms with Crippen molar-refractivity contribution >= 4 is 17.6 Å². The Labute approximate surface area is 142 Å². The molecule has 0 bridgehead atoms. The summed E-state index contributed by atoms with van der Waals surface area (Å²) in [7, 11) is 4.90. The maximum atomic E-state index is 11.6. The Hall–Kier alpha value is -2.44. The minimum absolute atomic E-state index is 0.127. The van der Waals surface area contributed by atoms with E-state index in [2.05, 4.69) is 20.9 Å². The van der Waals surface area contributed by atoms with E-state index in [4.69, 9.17) is 9.47 Å². The van der Waals surface area contributed by atoms with E-state index >= 15 is 0 Å². The summed E-state index contributed by atoms with van der Waals surface area (Å²) in [4.78, 5) is 15.8. The van der Waals surface area contributed by atoms with Gasteiger partial charge in [-0.05, 0) is 31.4 Å². The van der Waals surface area contributed by atoms with Gasteiger partial charge in [0.15, 0.2) is 17.5 Å². The molecule has 1 aromatic carbocycles. The Morgan fingerprint density at radius 2 is 2.00 bits per heavy atom. The molecule has 0 aromatic heterocycles. The number of nitrogens with one attached hydrogen (secondary N) is 3. The Balaban J connectivity index is 1.76. The van der Waals surface area contributed by atoms with Crippen LogP contribution in [0.15, 0.2) is 23.2 Å². The maximum Gasteiger partial charge on any atom is 0.220 e. The molecular weight excluding hydrogens is 308 g/mol. The zero-order valence-electron chi connectivity index (χ0n) is 14.5. The summed E-state index contributed by atoms with van der Waals surface area (Å²) < 4.78 is 10.5. The Bertz CT molecular complexity index is 585. The van der Waals surface area contributed by atoms with Crippen LogP contribution in [0.1, 0.15) is 25.7 Å². The molecule has 0 spiro atoms. The molecule has 132 valence electrons. The van der Waals surface area contributed by atoms with E-state index in [9.17, 15) is 4.79 Å². The average molecular weight is 334 g/mol. The highest BCUT2D eigenvalue weighted by Crippen LogP contribution is 2.29. The van der Waals surface area contributed by atoms with Gasteiger partial charge in [0.25, 0.3) is 0 Å². The van der Waals surface area contributed by atoms with E-state index in [1.807, 2.05) is 18.2 Å². The second-order valence-corrected chi connectivity index (χ2v) is 5.64. The number of amides is 1. The molecule has 1 fully saturated rings. The number of methoxy groups -OCH3 is 2. The van der Waals surface area contributed by atoms with Crippen molar-refractivity contribution in [1.29, 1.82) is 0 Å². The lowest BCUT2D eigenvalue weighted by molar-refractivity contribution is -0.121. The summed E-state index contributed by atoms with van der Waals surface area (Å²) in [6.45, 7) is 0.672. The fourth-order valence-electron chi connectivity index (χ4n) is 2.21. The third kappa shape index (κ3) is 5.64. The van der Waals surface area contributed by atoms with Crippen LogP contribution in [-0.4, -0.2) is 45.7 Å². The van der Waals surface area contributed by atoms with Gasteiger partial charge < -0.3 is 25.4 Å². The van der Waals surface area contributed by atoms with Crippen LogP contribution in [0.2, 0.25) is 0 Å². The fraction of sp³-hybridized carbons (Fsp3) is 0.529. The highest BCUT2D eigenvalue weighted by Gasteiger charge is 2.22. The summed E-state index contributed by atoms with van der Waals surface area (Å²) in [5.41, 5.74) is 0.840. The van der Waals surface area contributed by atoms with Crippen LogP contribution in [0, 0.1) is 0 Å². The molecule has 1 aliphatic rings. The Morgan fingerprint density at radius 3 is 2.62 bits per heavy atom. The monoisotopic (exact) mass is 334 g/mol. The number of guanidine groups is 1. The first-order valence-corrected chi connectivity index (χ1v) is 8.15. The quantitative estimate of drug-likeness (QED) is 0.383. The number of ether oxygens (including phenoxy) is 2. The summed E-state index contributed by atoms with van der Waals surface area (Å²) in [6, 6.07) is 5.98. The summed E-state index contributed by atoms with van der Waals surface area (Å²) in [5, 5.41) is 9.36. The molecule has 0 radical (unpaired) electrons. The van der Waals surface area contributed by atoms with Gasteiger partial charge in [-0.3, -0.25) is 9.79 Å². The molecule has 24 heavy (non-hydrogen) atoms. The molecule has 7 heteroatoms. The van der Waals surface area contributed by atoms with Gasteiger partial charge in [0.2, 0.25) is 5.91 Å². The molecule has 0 unspecified atom stereocenters. The van der Waals surface area contributed by atoms with Gasteiger partial charge in [-0.15, -0.1) is 0 Å². The van der Waals surface area contributed by atoms with E-state index < -0.39 is 0 Å². The zero-order chi connectivity index (χ0) is 17.4. The van der Waals surface area contributed by atoms with Crippen LogP contribution in [0.3, 0.4) is 0 Å². The molecule has 1 saturated carbocycles. The van der Waals surface area contributed by atoms with Gasteiger partial charge in [0.1, 0.15) is 0 Å². The van der Waals surface area contributed by atoms with E-state index in [1.165, 1.54) is 0 Å². The molecule has 1 amide bonds. The minimum atomic E-state index is 0.127. The molecule has 0 aliphatic heterocycles. The molecule has 3 N–H and O–H groups in total. The number of carbonyl (C=O) groups is 1. The maximum absolute atomic E-state index is 11.6. The normalized spacial score (nSPS) is 14.0. The third-order valence-electron chi connectivity index (χ3n) is 3.69. The van der Waals surface area contributed by atoms with Gasteiger partial charge in [0.05, 0.1) is 14.2 Å². The van der Waals surface area contributed by atoms with Gasteiger partial charge in [-0.25, -0.2) is 0 Å². The standard InChI is InChI=1S/C17H26N4O3/c1-18-17(19-10-4-5-16(22)20-12-6-7-12)21-13-8-9-14(23-2)15(11-13)24-3/h8-9,11-12H,4-7,10H2,1-3H3,(H,20,22)(H2,18,19,21). The Morgan fingerprint density at radius 1 is 1.25 bits per heavy atom. The Kier molecular flexibility index (Phi) is 6.72. The van der Waals surface area contributed by atoms with E-state index in [1.54, 1.807) is 21.3 Å². The van der Waals surface area contributed by atoms with Crippen LogP contribution in [0.4, 0.5) is 5.69 Å². The largest absolute Gasteiger partial charge is 0.493 e. The van der Waals surface area contributed by atoms with Gasteiger partial charge in [0, 0.05) is 37.8 Å². The summed E-state index contributed by atoms with van der Waals surface area (Å²) >= 11 is 0. The second kappa shape index (κ2) is 9.00. The second-order valence-electron chi connectivity index (χ2n) is 5.64. The molecule has 0 heterocycles. The van der Waals surface area contributed by atoms with E-state index in [-0.39, 0.29) is 5.91 Å². The molecule has 7 nitrogen and oxygen atoms in total. The van der Waals surface area contributed by atoms with Crippen molar-refractivity contribution in [2.75, 3.05) is 33.1 Å². The number of aliphatic imine (C=N–C) groups is 1. The third-order valence-corrected chi connectivity index (χ3v) is 3.69. The summed E-state index contributed by atoms with van der Waals surface area (Å²) in [5.74, 6) is 2.09. The number of carbonyl (C=O) groups excluding carboxylic acids is 1. The van der Waals surface area contributed by atoms with Crippen LogP contribution in [0.5, 0.6) is 11.5 Å². The number of hydrogen-bond donors (Lipinski definition) is 3. The van der Waals surface area contributed by atoms with Gasteiger partial charge >= 0.3 is 0 Å². The predicted molar refractivity (Wildman–Crippen MR) is 94.9 cm³/mol. The molecule has 0 atom stereocenters. The molecule has 2 rings (SSSR count). The lowest BCUT2D eigenvalue weighted by Crippen LogP contribution is -2.32. The molecule has 0 saturated heterocycles. The van der Waals surface area contributed by atoms with E-state index in [0.717, 1.165) is 24.9 Å². The van der Waals surface area contributed by atoms with Crippen LogP contribution < -0.4 is 25.4 Å². The van der Waals surface area contributed by atoms with Crippen LogP contribution in [0.25, 0.3) is 0 Å². The number of nitrogens with zero attached hydrogens (tertiary/aromatic N) is 1. The van der Waals surface area contributed by atoms with Crippen molar-refractivity contribution in [1.82, 2.24) is 10.6 Å². The van der Waals surface area contributed by atoms with Gasteiger partial charge in [-0.1, -0.05) is 0 Å². The number of hydrogen-bond acceptors (Lipinski definition) is 4. The lowest BCUT2D eigenvalue weighted by atomic mass is 10.2. The van der Waals surface area contributed by atoms with Crippen LogP contribution >= 0.6 is 0 Å². The van der Waals surface area contributed by atoms with Crippen molar-refractivity contribution in [3.63, 3.8) is 0 Å². The van der Waals surface area contributed by atoms with Crippen molar-refractivity contribution < 1.29 is 14.3 Å². The zero-order valence-corrected chi connectivity index (χ0v) is 14.5. The number of anilines is 1. The predicted octanol–water partition coefficient (Wildman–Crippen LogP) is 1.75. The lowest BCUT2D eigenvalue weighted by Gasteiger charge is -2.14. The summed E-state index contributed by atoms with van der Waals surface area (Å²) in [6.07, 6.45) is 3.51. The first-order valence-electron chi connectivity index (χ1n) is 8.15. The molecule has 1 aromatic rings.